The first kappa shape index (κ1) is 34.4. The molecule has 0 aliphatic carbocycles. The van der Waals surface area contributed by atoms with Crippen LogP contribution in [-0.2, 0) is 0 Å². The third-order valence-corrected chi connectivity index (χ3v) is 11.4. The Kier molecular flexibility index (Phi) is 8.49. The van der Waals surface area contributed by atoms with Gasteiger partial charge in [-0.05, 0) is 110 Å². The number of hydrogen-bond donors (Lipinski definition) is 0. The molecule has 11 rings (SSSR count). The fourth-order valence-corrected chi connectivity index (χ4v) is 8.54. The smallest absolute Gasteiger partial charge is 0.137 e. The van der Waals surface area contributed by atoms with E-state index < -0.39 is 0 Å². The number of rotatable bonds is 7. The molecule has 0 amide bonds. The summed E-state index contributed by atoms with van der Waals surface area (Å²) in [6.45, 7) is 0. The van der Waals surface area contributed by atoms with Gasteiger partial charge in [0, 0.05) is 28.5 Å². The molecule has 0 fully saturated rings. The van der Waals surface area contributed by atoms with Crippen molar-refractivity contribution >= 4 is 27.2 Å². The summed E-state index contributed by atoms with van der Waals surface area (Å²) in [5, 5.41) is 4.95. The molecule has 0 unspecified atom stereocenters. The van der Waals surface area contributed by atoms with Crippen LogP contribution in [0.15, 0.2) is 225 Å². The van der Waals surface area contributed by atoms with Crippen molar-refractivity contribution in [1.82, 2.24) is 14.4 Å². The van der Waals surface area contributed by atoms with Crippen molar-refractivity contribution in [3.05, 3.63) is 225 Å². The summed E-state index contributed by atoms with van der Waals surface area (Å²) < 4.78 is 2.19. The van der Waals surface area contributed by atoms with E-state index in [1.54, 1.807) is 0 Å². The zero-order chi connectivity index (χ0) is 39.1. The molecule has 11 aromatic rings. The summed E-state index contributed by atoms with van der Waals surface area (Å²) in [5.74, 6) is 0. The second kappa shape index (κ2) is 14.6. The van der Waals surface area contributed by atoms with Crippen LogP contribution >= 0.6 is 0 Å². The number of hydrogen-bond acceptors (Lipinski definition) is 2. The normalized spacial score (nSPS) is 11.4. The van der Waals surface area contributed by atoms with E-state index in [2.05, 4.69) is 223 Å². The van der Waals surface area contributed by atoms with E-state index in [-0.39, 0.29) is 0 Å². The molecule has 0 saturated carbocycles. The van der Waals surface area contributed by atoms with Gasteiger partial charge in [0.1, 0.15) is 5.65 Å². The third kappa shape index (κ3) is 6.36. The number of pyridine rings is 2. The Morgan fingerprint density at radius 2 is 0.814 bits per heavy atom. The molecule has 0 atom stereocenters. The van der Waals surface area contributed by atoms with Crippen LogP contribution in [-0.4, -0.2) is 14.4 Å². The molecule has 59 heavy (non-hydrogen) atoms. The van der Waals surface area contributed by atoms with Gasteiger partial charge in [-0.1, -0.05) is 164 Å². The molecule has 8 aromatic carbocycles. The molecule has 0 spiro atoms. The SMILES string of the molecule is c1ccc(-c2cc(-c3cc(-c4cccc(-c5nc6ccccn6c5-c5ccccc5)c4)cc(-c4cc5ccccc5c5ccccc45)c3)cc(-c3ccccc3)n2)cc1. The Labute approximate surface area is 343 Å². The maximum absolute atomic E-state index is 5.22. The molecule has 276 valence electrons. The van der Waals surface area contributed by atoms with Gasteiger partial charge >= 0.3 is 0 Å². The lowest BCUT2D eigenvalue weighted by Gasteiger charge is -2.16. The van der Waals surface area contributed by atoms with E-state index >= 15 is 0 Å². The lowest BCUT2D eigenvalue weighted by atomic mass is 9.88. The van der Waals surface area contributed by atoms with E-state index in [9.17, 15) is 0 Å². The third-order valence-electron chi connectivity index (χ3n) is 11.4. The Balaban J connectivity index is 1.16. The van der Waals surface area contributed by atoms with Gasteiger partial charge in [-0.15, -0.1) is 0 Å². The number of benzene rings is 8. The maximum Gasteiger partial charge on any atom is 0.137 e. The highest BCUT2D eigenvalue weighted by atomic mass is 15.0. The Morgan fingerprint density at radius 1 is 0.305 bits per heavy atom. The molecule has 3 aromatic heterocycles. The summed E-state index contributed by atoms with van der Waals surface area (Å²) in [6.07, 6.45) is 2.10. The first-order valence-electron chi connectivity index (χ1n) is 20.1. The van der Waals surface area contributed by atoms with Gasteiger partial charge in [-0.3, -0.25) is 4.40 Å². The zero-order valence-electron chi connectivity index (χ0n) is 32.2. The van der Waals surface area contributed by atoms with Crippen molar-refractivity contribution in [2.45, 2.75) is 0 Å². The van der Waals surface area contributed by atoms with Gasteiger partial charge in [0.25, 0.3) is 0 Å². The molecular formula is C56H37N3. The van der Waals surface area contributed by atoms with Gasteiger partial charge in [-0.25, -0.2) is 9.97 Å². The summed E-state index contributed by atoms with van der Waals surface area (Å²) in [7, 11) is 0. The Bertz CT molecular complexity index is 3250. The van der Waals surface area contributed by atoms with Crippen LogP contribution in [0.2, 0.25) is 0 Å². The molecular weight excluding hydrogens is 715 g/mol. The fourth-order valence-electron chi connectivity index (χ4n) is 8.54. The number of aromatic nitrogens is 3. The Hall–Kier alpha value is -7.88. The standard InChI is InChI=1S/C56H37N3/c1-4-17-38(18-5-1)52-36-46(37-53(57-52)39-19-6-2-7-20-39)45-32-44(33-47(34-45)51-35-42-23-10-11-26-48(42)49-27-12-13-28-50(49)51)41-24-16-25-43(31-41)55-56(40-21-8-3-9-22-40)59-30-15-14-29-54(59)58-55/h1-37H. The molecule has 0 aliphatic heterocycles. The molecule has 3 nitrogen and oxygen atoms in total. The predicted molar refractivity (Wildman–Crippen MR) is 246 cm³/mol. The Morgan fingerprint density at radius 3 is 1.53 bits per heavy atom. The number of nitrogens with zero attached hydrogens (tertiary/aromatic N) is 3. The van der Waals surface area contributed by atoms with Crippen LogP contribution in [0.3, 0.4) is 0 Å². The topological polar surface area (TPSA) is 30.2 Å². The molecule has 3 heterocycles. The van der Waals surface area contributed by atoms with Crippen molar-refractivity contribution in [2.24, 2.45) is 0 Å². The second-order valence-electron chi connectivity index (χ2n) is 15.0. The molecule has 0 bridgehead atoms. The summed E-state index contributed by atoms with van der Waals surface area (Å²) >= 11 is 0. The van der Waals surface area contributed by atoms with Gasteiger partial charge < -0.3 is 0 Å². The minimum atomic E-state index is 0.917. The van der Waals surface area contributed by atoms with E-state index in [0.717, 1.165) is 78.5 Å². The lowest BCUT2D eigenvalue weighted by Crippen LogP contribution is -1.93. The van der Waals surface area contributed by atoms with Gasteiger partial charge in [0.2, 0.25) is 0 Å². The quantitative estimate of drug-likeness (QED) is 0.152. The predicted octanol–water partition coefficient (Wildman–Crippen LogP) is 14.7. The second-order valence-corrected chi connectivity index (χ2v) is 15.0. The highest BCUT2D eigenvalue weighted by Gasteiger charge is 2.18. The van der Waals surface area contributed by atoms with Gasteiger partial charge in [0.15, 0.2) is 0 Å². The van der Waals surface area contributed by atoms with Crippen molar-refractivity contribution in [1.29, 1.82) is 0 Å². The van der Waals surface area contributed by atoms with Gasteiger partial charge in [-0.2, -0.15) is 0 Å². The first-order chi connectivity index (χ1) is 29.2. The zero-order valence-corrected chi connectivity index (χ0v) is 32.2. The summed E-state index contributed by atoms with van der Waals surface area (Å²) in [5.41, 5.74) is 16.0. The highest BCUT2D eigenvalue weighted by molar-refractivity contribution is 6.14. The molecule has 3 heteroatoms. The minimum Gasteiger partial charge on any atom is -0.299 e. The van der Waals surface area contributed by atoms with E-state index in [1.165, 1.54) is 27.1 Å². The van der Waals surface area contributed by atoms with E-state index in [0.29, 0.717) is 0 Å². The molecule has 0 N–H and O–H groups in total. The molecule has 0 saturated heterocycles. The van der Waals surface area contributed by atoms with Crippen LogP contribution < -0.4 is 0 Å². The number of fused-ring (bicyclic) bond motifs is 4. The largest absolute Gasteiger partial charge is 0.299 e. The van der Waals surface area contributed by atoms with Crippen molar-refractivity contribution < 1.29 is 0 Å². The number of imidazole rings is 1. The van der Waals surface area contributed by atoms with E-state index in [4.69, 9.17) is 9.97 Å². The monoisotopic (exact) mass is 751 g/mol. The van der Waals surface area contributed by atoms with Crippen LogP contribution in [0, 0.1) is 0 Å². The lowest BCUT2D eigenvalue weighted by molar-refractivity contribution is 1.19. The molecule has 0 radical (unpaired) electrons. The highest BCUT2D eigenvalue weighted by Crippen LogP contribution is 2.41. The van der Waals surface area contributed by atoms with Crippen LogP contribution in [0.25, 0.3) is 106 Å². The fraction of sp³-hybridized carbons (Fsp3) is 0. The van der Waals surface area contributed by atoms with Crippen molar-refractivity contribution in [3.8, 4) is 78.4 Å². The van der Waals surface area contributed by atoms with Crippen molar-refractivity contribution in [3.63, 3.8) is 0 Å². The summed E-state index contributed by atoms with van der Waals surface area (Å²) in [6, 6.07) is 78.0. The first-order valence-corrected chi connectivity index (χ1v) is 20.1. The summed E-state index contributed by atoms with van der Waals surface area (Å²) in [4.78, 5) is 10.4. The van der Waals surface area contributed by atoms with Crippen LogP contribution in [0.4, 0.5) is 0 Å². The van der Waals surface area contributed by atoms with Crippen LogP contribution in [0.1, 0.15) is 0 Å². The average molecular weight is 752 g/mol. The molecule has 0 aliphatic rings. The maximum atomic E-state index is 5.22. The van der Waals surface area contributed by atoms with Crippen LogP contribution in [0.5, 0.6) is 0 Å². The van der Waals surface area contributed by atoms with E-state index in [1.807, 2.05) is 6.07 Å². The van der Waals surface area contributed by atoms with Gasteiger partial charge in [0.05, 0.1) is 22.8 Å². The average Bonchev–Trinajstić information content (AvgIpc) is 3.72. The minimum absolute atomic E-state index is 0.917. The van der Waals surface area contributed by atoms with Crippen molar-refractivity contribution in [2.75, 3.05) is 0 Å².